The SMILES string of the molecule is NCc1c(C(F)F)ccnc1[N+](=O)[O-]. The Morgan fingerprint density at radius 2 is 2.29 bits per heavy atom. The number of aromatic nitrogens is 1. The van der Waals surface area contributed by atoms with Gasteiger partial charge in [-0.3, -0.25) is 0 Å². The first kappa shape index (κ1) is 10.5. The van der Waals surface area contributed by atoms with Crippen LogP contribution in [0.2, 0.25) is 0 Å². The van der Waals surface area contributed by atoms with Crippen LogP contribution in [0.15, 0.2) is 12.3 Å². The standard InChI is InChI=1S/C7H7F2N3O2/c8-6(9)4-1-2-11-7(12(13)14)5(4)3-10/h1-2,6H,3,10H2. The highest BCUT2D eigenvalue weighted by atomic mass is 19.3. The Morgan fingerprint density at radius 1 is 1.64 bits per heavy atom. The van der Waals surface area contributed by atoms with Crippen LogP contribution in [0, 0.1) is 10.1 Å². The molecule has 1 aromatic heterocycles. The van der Waals surface area contributed by atoms with Gasteiger partial charge < -0.3 is 15.8 Å². The Kier molecular flexibility index (Phi) is 3.03. The summed E-state index contributed by atoms with van der Waals surface area (Å²) in [7, 11) is 0. The van der Waals surface area contributed by atoms with Gasteiger partial charge in [0, 0.05) is 12.1 Å². The summed E-state index contributed by atoms with van der Waals surface area (Å²) in [6, 6.07) is 1.03. The van der Waals surface area contributed by atoms with E-state index >= 15 is 0 Å². The maximum Gasteiger partial charge on any atom is 0.368 e. The van der Waals surface area contributed by atoms with E-state index in [1.165, 1.54) is 0 Å². The fraction of sp³-hybridized carbons (Fsp3) is 0.286. The molecule has 14 heavy (non-hydrogen) atoms. The molecule has 76 valence electrons. The van der Waals surface area contributed by atoms with E-state index in [9.17, 15) is 18.9 Å². The summed E-state index contributed by atoms with van der Waals surface area (Å²) in [6.07, 6.45) is -1.81. The van der Waals surface area contributed by atoms with Crippen LogP contribution < -0.4 is 5.73 Å². The molecule has 2 N–H and O–H groups in total. The fourth-order valence-electron chi connectivity index (χ4n) is 1.07. The zero-order chi connectivity index (χ0) is 10.7. The lowest BCUT2D eigenvalue weighted by Crippen LogP contribution is -2.07. The highest BCUT2D eigenvalue weighted by Crippen LogP contribution is 2.27. The average molecular weight is 203 g/mol. The van der Waals surface area contributed by atoms with Crippen molar-refractivity contribution in [3.05, 3.63) is 33.5 Å². The van der Waals surface area contributed by atoms with Gasteiger partial charge in [0.05, 0.1) is 5.56 Å². The Bertz CT molecular complexity index is 357. The van der Waals surface area contributed by atoms with E-state index in [0.717, 1.165) is 12.3 Å². The Labute approximate surface area is 77.7 Å². The van der Waals surface area contributed by atoms with E-state index in [2.05, 4.69) is 4.98 Å². The monoisotopic (exact) mass is 203 g/mol. The molecule has 1 rings (SSSR count). The lowest BCUT2D eigenvalue weighted by molar-refractivity contribution is -0.390. The molecule has 0 aromatic carbocycles. The van der Waals surface area contributed by atoms with Crippen molar-refractivity contribution in [2.45, 2.75) is 13.0 Å². The number of alkyl halides is 2. The maximum absolute atomic E-state index is 12.4. The van der Waals surface area contributed by atoms with E-state index in [0.29, 0.717) is 0 Å². The minimum absolute atomic E-state index is 0.215. The second-order valence-corrected chi connectivity index (χ2v) is 2.46. The highest BCUT2D eigenvalue weighted by Gasteiger charge is 2.22. The first-order valence-electron chi connectivity index (χ1n) is 3.68. The summed E-state index contributed by atoms with van der Waals surface area (Å²) >= 11 is 0. The molecule has 0 saturated heterocycles. The van der Waals surface area contributed by atoms with Gasteiger partial charge in [-0.15, -0.1) is 0 Å². The van der Waals surface area contributed by atoms with Gasteiger partial charge in [-0.25, -0.2) is 8.78 Å². The zero-order valence-electron chi connectivity index (χ0n) is 6.98. The van der Waals surface area contributed by atoms with Crippen LogP contribution in [0.3, 0.4) is 0 Å². The van der Waals surface area contributed by atoms with Crippen molar-refractivity contribution >= 4 is 5.82 Å². The number of hydrogen-bond acceptors (Lipinski definition) is 4. The van der Waals surface area contributed by atoms with E-state index in [1.807, 2.05) is 0 Å². The molecule has 0 fully saturated rings. The minimum Gasteiger partial charge on any atom is -0.358 e. The zero-order valence-corrected chi connectivity index (χ0v) is 6.98. The third-order valence-corrected chi connectivity index (χ3v) is 1.68. The van der Waals surface area contributed by atoms with Gasteiger partial charge in [0.25, 0.3) is 6.43 Å². The molecule has 0 radical (unpaired) electrons. The van der Waals surface area contributed by atoms with E-state index in [4.69, 9.17) is 5.73 Å². The van der Waals surface area contributed by atoms with Crippen LogP contribution in [0.25, 0.3) is 0 Å². The van der Waals surface area contributed by atoms with E-state index in [1.54, 1.807) is 0 Å². The largest absolute Gasteiger partial charge is 0.368 e. The van der Waals surface area contributed by atoms with Crippen molar-refractivity contribution in [2.24, 2.45) is 5.73 Å². The molecule has 0 amide bonds. The van der Waals surface area contributed by atoms with Crippen LogP contribution in [0.5, 0.6) is 0 Å². The Balaban J connectivity index is 3.32. The molecular weight excluding hydrogens is 196 g/mol. The average Bonchev–Trinajstić information content (AvgIpc) is 2.16. The lowest BCUT2D eigenvalue weighted by atomic mass is 10.1. The van der Waals surface area contributed by atoms with Crippen LogP contribution in [-0.2, 0) is 6.54 Å². The number of hydrogen-bond donors (Lipinski definition) is 1. The summed E-state index contributed by atoms with van der Waals surface area (Å²) in [5.74, 6) is -0.606. The molecule has 0 aliphatic heterocycles. The van der Waals surface area contributed by atoms with Crippen molar-refractivity contribution in [3.63, 3.8) is 0 Å². The van der Waals surface area contributed by atoms with Gasteiger partial charge in [0.15, 0.2) is 0 Å². The first-order chi connectivity index (χ1) is 6.57. The maximum atomic E-state index is 12.4. The molecule has 0 saturated carbocycles. The fourth-order valence-corrected chi connectivity index (χ4v) is 1.07. The molecule has 1 heterocycles. The van der Waals surface area contributed by atoms with E-state index in [-0.39, 0.29) is 12.1 Å². The number of pyridine rings is 1. The number of halogens is 2. The number of nitrogens with zero attached hydrogens (tertiary/aromatic N) is 2. The molecule has 0 spiro atoms. The van der Waals surface area contributed by atoms with Crippen LogP contribution in [-0.4, -0.2) is 9.91 Å². The van der Waals surface area contributed by atoms with Crippen LogP contribution in [0.1, 0.15) is 17.6 Å². The van der Waals surface area contributed by atoms with Crippen LogP contribution >= 0.6 is 0 Å². The topological polar surface area (TPSA) is 82.0 Å². The quantitative estimate of drug-likeness (QED) is 0.594. The summed E-state index contributed by atoms with van der Waals surface area (Å²) < 4.78 is 24.7. The molecule has 0 atom stereocenters. The third kappa shape index (κ3) is 1.82. The number of nitro groups is 1. The highest BCUT2D eigenvalue weighted by molar-refractivity contribution is 5.39. The molecule has 0 aliphatic rings. The Morgan fingerprint density at radius 3 is 2.71 bits per heavy atom. The minimum atomic E-state index is -2.78. The smallest absolute Gasteiger partial charge is 0.358 e. The Hall–Kier alpha value is -1.63. The summed E-state index contributed by atoms with van der Waals surface area (Å²) in [6.45, 7) is -0.330. The van der Waals surface area contributed by atoms with Gasteiger partial charge in [-0.05, 0) is 16.0 Å². The predicted octanol–water partition coefficient (Wildman–Crippen LogP) is 1.39. The number of nitrogens with two attached hydrogens (primary N) is 1. The van der Waals surface area contributed by atoms with Crippen molar-refractivity contribution in [1.29, 1.82) is 0 Å². The van der Waals surface area contributed by atoms with E-state index < -0.39 is 22.7 Å². The third-order valence-electron chi connectivity index (χ3n) is 1.68. The van der Waals surface area contributed by atoms with Crippen LogP contribution in [0.4, 0.5) is 14.6 Å². The molecule has 1 aromatic rings. The molecule has 7 heteroatoms. The molecule has 0 aliphatic carbocycles. The van der Waals surface area contributed by atoms with Gasteiger partial charge in [-0.2, -0.15) is 0 Å². The van der Waals surface area contributed by atoms with Crippen molar-refractivity contribution in [2.75, 3.05) is 0 Å². The van der Waals surface area contributed by atoms with Crippen molar-refractivity contribution < 1.29 is 13.7 Å². The summed E-state index contributed by atoms with van der Waals surface area (Å²) in [4.78, 5) is 13.0. The number of rotatable bonds is 3. The second kappa shape index (κ2) is 4.05. The molecule has 0 unspecified atom stereocenters. The lowest BCUT2D eigenvalue weighted by Gasteiger charge is -2.05. The van der Waals surface area contributed by atoms with Crippen molar-refractivity contribution in [1.82, 2.24) is 4.98 Å². The normalized spacial score (nSPS) is 10.6. The molecule has 5 nitrogen and oxygen atoms in total. The summed E-state index contributed by atoms with van der Waals surface area (Å²) in [5, 5.41) is 10.4. The summed E-state index contributed by atoms with van der Waals surface area (Å²) in [5.41, 5.74) is 4.50. The predicted molar refractivity (Wildman–Crippen MR) is 43.7 cm³/mol. The van der Waals surface area contributed by atoms with Crippen molar-refractivity contribution in [3.8, 4) is 0 Å². The first-order valence-corrected chi connectivity index (χ1v) is 3.68. The van der Waals surface area contributed by atoms with Gasteiger partial charge in [-0.1, -0.05) is 0 Å². The van der Waals surface area contributed by atoms with Gasteiger partial charge >= 0.3 is 5.82 Å². The van der Waals surface area contributed by atoms with Gasteiger partial charge in [0.1, 0.15) is 6.20 Å². The molecule has 0 bridgehead atoms. The molecular formula is C7H7F2N3O2. The van der Waals surface area contributed by atoms with Gasteiger partial charge in [0.2, 0.25) is 0 Å². The second-order valence-electron chi connectivity index (χ2n) is 2.46.